The average Bonchev–Trinajstić information content (AvgIpc) is 2.45. The molecular weight excluding hydrogens is 196 g/mol. The normalized spacial score (nSPS) is 12.2. The molecule has 0 N–H and O–H groups in total. The molecule has 0 amide bonds. The molecule has 0 nitrogen and oxygen atoms in total. The fourth-order valence-corrected chi connectivity index (χ4v) is 2.13. The van der Waals surface area contributed by atoms with E-state index in [4.69, 9.17) is 0 Å². The van der Waals surface area contributed by atoms with Gasteiger partial charge in [-0.1, -0.05) is 29.0 Å². The molecule has 1 aromatic heterocycles. The first-order valence-electron chi connectivity index (χ1n) is 3.76. The van der Waals surface area contributed by atoms with Crippen LogP contribution in [0.15, 0.2) is 30.3 Å². The molecule has 0 aliphatic heterocycles. The number of thiophene rings is 1. The highest BCUT2D eigenvalue weighted by Crippen LogP contribution is 2.23. The van der Waals surface area contributed by atoms with E-state index in [1.54, 1.807) is 24.3 Å². The minimum absolute atomic E-state index is 0.471. The van der Waals surface area contributed by atoms with Gasteiger partial charge in [-0.05, 0) is 11.5 Å². The Hall–Kier alpha value is -0.965. The number of hydrogen-bond acceptors (Lipinski definition) is 1. The van der Waals surface area contributed by atoms with E-state index in [0.29, 0.717) is 10.1 Å². The molecule has 1 aromatic carbocycles. The van der Waals surface area contributed by atoms with Gasteiger partial charge in [0.15, 0.2) is 0 Å². The number of fused-ring (bicyclic) bond motifs is 1. The Labute approximate surface area is 77.1 Å². The molecule has 0 saturated carbocycles. The van der Waals surface area contributed by atoms with Crippen molar-refractivity contribution in [3.8, 4) is 0 Å². The summed E-state index contributed by atoms with van der Waals surface area (Å²) in [5, 5.41) is 0.668. The topological polar surface area (TPSA) is 0 Å². The third kappa shape index (κ3) is 1.56. The van der Waals surface area contributed by atoms with Crippen LogP contribution in [-0.2, 0) is 0 Å². The number of halogens is 3. The molecule has 0 aliphatic carbocycles. The molecule has 5 heteroatoms. The molecule has 0 fully saturated rings. The van der Waals surface area contributed by atoms with Crippen LogP contribution in [0, 0.1) is 0 Å². The standard InChI is InChI=1S/C8H5BF3S/c10-9(11,12)8-5-6-3-1-2-4-7(6)13-8/h1-5H/q-1. The minimum Gasteiger partial charge on any atom is -0.444 e. The molecule has 0 spiro atoms. The zero-order valence-electron chi connectivity index (χ0n) is 6.51. The van der Waals surface area contributed by atoms with Crippen LogP contribution in [0.1, 0.15) is 0 Å². The predicted octanol–water partition coefficient (Wildman–Crippen LogP) is 2.96. The summed E-state index contributed by atoms with van der Waals surface area (Å²) in [6.07, 6.45) is 0. The molecular formula is C8H5BF3S-. The lowest BCUT2D eigenvalue weighted by Crippen LogP contribution is -2.30. The van der Waals surface area contributed by atoms with Gasteiger partial charge in [-0.25, -0.2) is 0 Å². The van der Waals surface area contributed by atoms with E-state index in [1.807, 2.05) is 0 Å². The van der Waals surface area contributed by atoms with Gasteiger partial charge < -0.3 is 12.9 Å². The molecule has 0 atom stereocenters. The van der Waals surface area contributed by atoms with Crippen molar-refractivity contribution in [3.63, 3.8) is 0 Å². The molecule has 0 aliphatic rings. The Kier molecular flexibility index (Phi) is 1.84. The molecule has 0 saturated heterocycles. The average molecular weight is 201 g/mol. The van der Waals surface area contributed by atoms with Crippen LogP contribution in [0.2, 0.25) is 0 Å². The maximum absolute atomic E-state index is 12.3. The van der Waals surface area contributed by atoms with Crippen molar-refractivity contribution in [2.24, 2.45) is 0 Å². The predicted molar refractivity (Wildman–Crippen MR) is 50.5 cm³/mol. The van der Waals surface area contributed by atoms with E-state index in [1.165, 1.54) is 6.07 Å². The highest BCUT2D eigenvalue weighted by Gasteiger charge is 2.27. The van der Waals surface area contributed by atoms with Gasteiger partial charge >= 0.3 is 6.98 Å². The van der Waals surface area contributed by atoms with Crippen molar-refractivity contribution in [1.82, 2.24) is 0 Å². The summed E-state index contributed by atoms with van der Waals surface area (Å²) in [7, 11) is 0. The van der Waals surface area contributed by atoms with Crippen LogP contribution in [0.3, 0.4) is 0 Å². The van der Waals surface area contributed by atoms with Gasteiger partial charge in [-0.3, -0.25) is 0 Å². The largest absolute Gasteiger partial charge is 0.519 e. The summed E-state index contributed by atoms with van der Waals surface area (Å²) >= 11 is 0.807. The Morgan fingerprint density at radius 3 is 2.38 bits per heavy atom. The highest BCUT2D eigenvalue weighted by atomic mass is 32.1. The Balaban J connectivity index is 2.63. The first-order valence-corrected chi connectivity index (χ1v) is 4.57. The number of benzene rings is 1. The summed E-state index contributed by atoms with van der Waals surface area (Å²) in [6, 6.07) is 8.08. The Bertz CT molecular complexity index is 399. The van der Waals surface area contributed by atoms with Crippen molar-refractivity contribution in [3.05, 3.63) is 30.3 Å². The molecule has 13 heavy (non-hydrogen) atoms. The van der Waals surface area contributed by atoms with Crippen molar-refractivity contribution < 1.29 is 12.9 Å². The first-order chi connectivity index (χ1) is 6.07. The van der Waals surface area contributed by atoms with Crippen molar-refractivity contribution in [2.45, 2.75) is 0 Å². The zero-order valence-corrected chi connectivity index (χ0v) is 7.32. The van der Waals surface area contributed by atoms with Crippen LogP contribution < -0.4 is 4.78 Å². The molecule has 0 unspecified atom stereocenters. The lowest BCUT2D eigenvalue weighted by atomic mass is 9.89. The van der Waals surface area contributed by atoms with E-state index < -0.39 is 11.8 Å². The smallest absolute Gasteiger partial charge is 0.444 e. The summed E-state index contributed by atoms with van der Waals surface area (Å²) in [4.78, 5) is 0. The maximum Gasteiger partial charge on any atom is 0.519 e. The fraction of sp³-hybridized carbons (Fsp3) is 0. The lowest BCUT2D eigenvalue weighted by molar-refractivity contribution is 0.503. The third-order valence-corrected chi connectivity index (χ3v) is 2.98. The maximum atomic E-state index is 12.3. The highest BCUT2D eigenvalue weighted by molar-refractivity contribution is 7.29. The lowest BCUT2D eigenvalue weighted by Gasteiger charge is -2.09. The van der Waals surface area contributed by atoms with Crippen LogP contribution >= 0.6 is 11.3 Å². The van der Waals surface area contributed by atoms with Crippen molar-refractivity contribution >= 4 is 33.2 Å². The van der Waals surface area contributed by atoms with E-state index in [9.17, 15) is 12.9 Å². The van der Waals surface area contributed by atoms with Gasteiger partial charge in [-0.2, -0.15) is 11.3 Å². The van der Waals surface area contributed by atoms with Gasteiger partial charge in [0, 0.05) is 4.70 Å². The quantitative estimate of drug-likeness (QED) is 0.622. The van der Waals surface area contributed by atoms with Gasteiger partial charge in [0.25, 0.3) is 0 Å². The molecule has 0 bridgehead atoms. The number of rotatable bonds is 1. The molecule has 0 radical (unpaired) electrons. The second-order valence-corrected chi connectivity index (χ2v) is 3.88. The van der Waals surface area contributed by atoms with Crippen molar-refractivity contribution in [2.75, 3.05) is 0 Å². The molecule has 68 valence electrons. The second kappa shape index (κ2) is 2.77. The summed E-state index contributed by atoms with van der Waals surface area (Å²) in [5.74, 6) is 0. The van der Waals surface area contributed by atoms with E-state index >= 15 is 0 Å². The van der Waals surface area contributed by atoms with Crippen LogP contribution in [0.4, 0.5) is 12.9 Å². The first kappa shape index (κ1) is 8.63. The molecule has 1 heterocycles. The molecule has 2 rings (SSSR count). The van der Waals surface area contributed by atoms with E-state index in [0.717, 1.165) is 11.3 Å². The van der Waals surface area contributed by atoms with E-state index in [2.05, 4.69) is 0 Å². The van der Waals surface area contributed by atoms with Gasteiger partial charge in [0.2, 0.25) is 0 Å². The monoisotopic (exact) mass is 201 g/mol. The van der Waals surface area contributed by atoms with Gasteiger partial charge in [0.1, 0.15) is 0 Å². The SMILES string of the molecule is F[B-](F)(F)c1cc2ccccc2s1. The fourth-order valence-electron chi connectivity index (χ4n) is 1.16. The van der Waals surface area contributed by atoms with E-state index in [-0.39, 0.29) is 0 Å². The second-order valence-electron chi connectivity index (χ2n) is 2.76. The number of hydrogen-bond donors (Lipinski definition) is 0. The van der Waals surface area contributed by atoms with Crippen molar-refractivity contribution in [1.29, 1.82) is 0 Å². The summed E-state index contributed by atoms with van der Waals surface area (Å²) in [5.41, 5.74) is 0. The summed E-state index contributed by atoms with van der Waals surface area (Å²) < 4.78 is 37.1. The third-order valence-electron chi connectivity index (χ3n) is 1.77. The van der Waals surface area contributed by atoms with Gasteiger partial charge in [0.05, 0.1) is 0 Å². The Morgan fingerprint density at radius 2 is 1.77 bits per heavy atom. The Morgan fingerprint density at radius 1 is 1.08 bits per heavy atom. The zero-order chi connectivity index (χ0) is 9.47. The molecule has 2 aromatic rings. The minimum atomic E-state index is -4.84. The van der Waals surface area contributed by atoms with Crippen LogP contribution in [0.5, 0.6) is 0 Å². The van der Waals surface area contributed by atoms with Crippen LogP contribution in [0.25, 0.3) is 10.1 Å². The van der Waals surface area contributed by atoms with Gasteiger partial charge in [-0.15, -0.1) is 0 Å². The van der Waals surface area contributed by atoms with Crippen LogP contribution in [-0.4, -0.2) is 6.98 Å². The summed E-state index contributed by atoms with van der Waals surface area (Å²) in [6.45, 7) is -4.84.